The van der Waals surface area contributed by atoms with Crippen LogP contribution in [0.5, 0.6) is 0 Å². The second-order valence-corrected chi connectivity index (χ2v) is 7.98. The molecule has 0 saturated heterocycles. The molecule has 0 unspecified atom stereocenters. The van der Waals surface area contributed by atoms with Gasteiger partial charge in [-0.3, -0.25) is 9.36 Å². The minimum atomic E-state index is -0.187. The molecule has 0 aliphatic carbocycles. The van der Waals surface area contributed by atoms with E-state index in [1.54, 1.807) is 30.1 Å². The van der Waals surface area contributed by atoms with E-state index < -0.39 is 0 Å². The predicted molar refractivity (Wildman–Crippen MR) is 123 cm³/mol. The number of pyridine rings is 1. The zero-order chi connectivity index (χ0) is 20.9. The lowest BCUT2D eigenvalue weighted by atomic mass is 10.1. The van der Waals surface area contributed by atoms with Gasteiger partial charge in [-0.15, -0.1) is 0 Å². The van der Waals surface area contributed by atoms with E-state index in [2.05, 4.69) is 21.8 Å². The Hall–Kier alpha value is -3.32. The van der Waals surface area contributed by atoms with E-state index in [-0.39, 0.29) is 5.91 Å². The summed E-state index contributed by atoms with van der Waals surface area (Å²) in [5.74, 6) is 0.818. The molecule has 30 heavy (non-hydrogen) atoms. The average molecular weight is 418 g/mol. The molecule has 0 bridgehead atoms. The Morgan fingerprint density at radius 1 is 1.10 bits per heavy atom. The quantitative estimate of drug-likeness (QED) is 0.333. The maximum Gasteiger partial charge on any atom is 0.255 e. The number of carbonyl (C=O) groups excluding carboxylic acids is 1. The summed E-state index contributed by atoms with van der Waals surface area (Å²) in [5.41, 5.74) is 10.5. The third kappa shape index (κ3) is 4.31. The number of para-hydroxylation sites is 2. The molecule has 1 amide bonds. The predicted octanol–water partition coefficient (Wildman–Crippen LogP) is 4.82. The van der Waals surface area contributed by atoms with Crippen LogP contribution in [0.2, 0.25) is 0 Å². The van der Waals surface area contributed by atoms with Gasteiger partial charge in [-0.05, 0) is 48.4 Å². The van der Waals surface area contributed by atoms with Gasteiger partial charge in [0.2, 0.25) is 0 Å². The highest BCUT2D eigenvalue weighted by Gasteiger charge is 2.13. The number of imidazole rings is 1. The van der Waals surface area contributed by atoms with Crippen molar-refractivity contribution < 1.29 is 4.79 Å². The number of fused-ring (bicyclic) bond motifs is 1. The van der Waals surface area contributed by atoms with Crippen LogP contribution in [0.1, 0.15) is 29.3 Å². The Bertz CT molecular complexity index is 1170. The van der Waals surface area contributed by atoms with Crippen molar-refractivity contribution in [1.82, 2.24) is 14.5 Å². The summed E-state index contributed by atoms with van der Waals surface area (Å²) in [4.78, 5) is 21.8. The summed E-state index contributed by atoms with van der Waals surface area (Å²) in [7, 11) is 0. The minimum absolute atomic E-state index is 0.187. The van der Waals surface area contributed by atoms with E-state index in [1.165, 1.54) is 0 Å². The van der Waals surface area contributed by atoms with E-state index >= 15 is 0 Å². The highest BCUT2D eigenvalue weighted by Crippen LogP contribution is 2.25. The van der Waals surface area contributed by atoms with Crippen molar-refractivity contribution in [3.8, 4) is 0 Å². The van der Waals surface area contributed by atoms with Crippen molar-refractivity contribution in [2.75, 3.05) is 16.8 Å². The third-order valence-electron chi connectivity index (χ3n) is 4.67. The number of rotatable bonds is 7. The van der Waals surface area contributed by atoms with Crippen LogP contribution in [-0.2, 0) is 6.54 Å². The van der Waals surface area contributed by atoms with Gasteiger partial charge < -0.3 is 11.1 Å². The zero-order valence-electron chi connectivity index (χ0n) is 16.7. The molecule has 4 rings (SSSR count). The Labute approximate surface area is 179 Å². The summed E-state index contributed by atoms with van der Waals surface area (Å²) < 4.78 is 2.13. The molecule has 6 nitrogen and oxygen atoms in total. The molecule has 3 N–H and O–H groups in total. The average Bonchev–Trinajstić information content (AvgIpc) is 3.11. The summed E-state index contributed by atoms with van der Waals surface area (Å²) in [5, 5.41) is 3.82. The normalized spacial score (nSPS) is 11.0. The highest BCUT2D eigenvalue weighted by atomic mass is 32.2. The van der Waals surface area contributed by atoms with Gasteiger partial charge in [-0.25, -0.2) is 9.97 Å². The first-order valence-corrected chi connectivity index (χ1v) is 10.8. The second kappa shape index (κ2) is 9.00. The van der Waals surface area contributed by atoms with Crippen molar-refractivity contribution in [3.05, 3.63) is 78.0 Å². The van der Waals surface area contributed by atoms with E-state index in [1.807, 2.05) is 48.5 Å². The lowest BCUT2D eigenvalue weighted by Gasteiger charge is -2.10. The molecule has 2 aromatic heterocycles. The first kappa shape index (κ1) is 20.0. The van der Waals surface area contributed by atoms with Gasteiger partial charge in [0.25, 0.3) is 5.91 Å². The van der Waals surface area contributed by atoms with Crippen molar-refractivity contribution in [2.24, 2.45) is 0 Å². The van der Waals surface area contributed by atoms with Crippen LogP contribution < -0.4 is 11.1 Å². The lowest BCUT2D eigenvalue weighted by Crippen LogP contribution is -2.13. The molecule has 0 radical (unpaired) electrons. The van der Waals surface area contributed by atoms with Crippen LogP contribution in [0.3, 0.4) is 0 Å². The van der Waals surface area contributed by atoms with Gasteiger partial charge in [0.15, 0.2) is 10.8 Å². The number of hydrogen-bond donors (Lipinski definition) is 2. The van der Waals surface area contributed by atoms with Crippen molar-refractivity contribution in [2.45, 2.75) is 25.0 Å². The van der Waals surface area contributed by atoms with Gasteiger partial charge in [0.1, 0.15) is 5.52 Å². The highest BCUT2D eigenvalue weighted by molar-refractivity contribution is 7.99. The smallest absolute Gasteiger partial charge is 0.255 e. The molecule has 0 saturated carbocycles. The fourth-order valence-electron chi connectivity index (χ4n) is 3.13. The van der Waals surface area contributed by atoms with E-state index in [0.29, 0.717) is 23.5 Å². The molecule has 0 atom stereocenters. The number of nitrogen functional groups attached to an aromatic ring is 1. The molecule has 0 fully saturated rings. The van der Waals surface area contributed by atoms with Gasteiger partial charge in [0.05, 0.1) is 17.9 Å². The minimum Gasteiger partial charge on any atom is -0.397 e. The monoisotopic (exact) mass is 417 g/mol. The van der Waals surface area contributed by atoms with Crippen molar-refractivity contribution >= 4 is 40.2 Å². The van der Waals surface area contributed by atoms with Crippen LogP contribution in [0.25, 0.3) is 11.2 Å². The van der Waals surface area contributed by atoms with Crippen LogP contribution in [0, 0.1) is 0 Å². The first-order chi connectivity index (χ1) is 14.7. The van der Waals surface area contributed by atoms with Crippen LogP contribution >= 0.6 is 11.8 Å². The summed E-state index contributed by atoms with van der Waals surface area (Å²) in [6.45, 7) is 2.80. The SMILES string of the molecule is CCCSc1nc2cccnc2n1Cc1ccc(C(=O)Nc2ccccc2N)cc1. The molecule has 0 aliphatic heterocycles. The van der Waals surface area contributed by atoms with E-state index in [0.717, 1.165) is 34.1 Å². The number of nitrogens with zero attached hydrogens (tertiary/aromatic N) is 3. The summed E-state index contributed by atoms with van der Waals surface area (Å²) >= 11 is 1.74. The molecule has 2 aromatic carbocycles. The van der Waals surface area contributed by atoms with E-state index in [9.17, 15) is 4.79 Å². The topological polar surface area (TPSA) is 85.8 Å². The van der Waals surface area contributed by atoms with Gasteiger partial charge >= 0.3 is 0 Å². The number of nitrogens with one attached hydrogen (secondary N) is 1. The largest absolute Gasteiger partial charge is 0.397 e. The number of aromatic nitrogens is 3. The molecule has 4 aromatic rings. The summed E-state index contributed by atoms with van der Waals surface area (Å²) in [6.07, 6.45) is 2.87. The fraction of sp³-hybridized carbons (Fsp3) is 0.174. The maximum atomic E-state index is 12.5. The molecule has 0 aliphatic rings. The first-order valence-electron chi connectivity index (χ1n) is 9.84. The van der Waals surface area contributed by atoms with E-state index in [4.69, 9.17) is 10.7 Å². The number of benzene rings is 2. The Balaban J connectivity index is 1.54. The van der Waals surface area contributed by atoms with Crippen LogP contribution in [-0.4, -0.2) is 26.2 Å². The molecule has 152 valence electrons. The lowest BCUT2D eigenvalue weighted by molar-refractivity contribution is 0.102. The number of hydrogen-bond acceptors (Lipinski definition) is 5. The number of nitrogens with two attached hydrogens (primary N) is 1. The number of carbonyl (C=O) groups is 1. The number of amides is 1. The van der Waals surface area contributed by atoms with Gasteiger partial charge in [0, 0.05) is 17.5 Å². The Morgan fingerprint density at radius 2 is 1.90 bits per heavy atom. The van der Waals surface area contributed by atoms with Crippen LogP contribution in [0.4, 0.5) is 11.4 Å². The second-order valence-electron chi connectivity index (χ2n) is 6.91. The number of anilines is 2. The maximum absolute atomic E-state index is 12.5. The molecule has 0 spiro atoms. The molecule has 7 heteroatoms. The summed E-state index contributed by atoms with van der Waals surface area (Å²) in [6, 6.07) is 18.7. The van der Waals surface area contributed by atoms with Gasteiger partial charge in [-0.1, -0.05) is 43.0 Å². The fourth-order valence-corrected chi connectivity index (χ4v) is 3.99. The molecular formula is C23H23N5OS. The van der Waals surface area contributed by atoms with Crippen molar-refractivity contribution in [3.63, 3.8) is 0 Å². The third-order valence-corrected chi connectivity index (χ3v) is 5.85. The Morgan fingerprint density at radius 3 is 2.67 bits per heavy atom. The molecule has 2 heterocycles. The number of thioether (sulfide) groups is 1. The van der Waals surface area contributed by atoms with Gasteiger partial charge in [-0.2, -0.15) is 0 Å². The van der Waals surface area contributed by atoms with Crippen LogP contribution in [0.15, 0.2) is 72.0 Å². The standard InChI is InChI=1S/C23H23N5OS/c1-2-14-30-23-27-20-8-5-13-25-21(20)28(23)15-16-9-11-17(12-10-16)22(29)26-19-7-4-3-6-18(19)24/h3-13H,2,14-15,24H2,1H3,(H,26,29). The zero-order valence-corrected chi connectivity index (χ0v) is 17.5. The Kier molecular flexibility index (Phi) is 5.99. The molecular weight excluding hydrogens is 394 g/mol. The van der Waals surface area contributed by atoms with Crippen molar-refractivity contribution in [1.29, 1.82) is 0 Å².